The van der Waals surface area contributed by atoms with Crippen molar-refractivity contribution in [2.24, 2.45) is 0 Å². The highest BCUT2D eigenvalue weighted by atomic mass is 79.9. The smallest absolute Gasteiger partial charge is 0.344 e. The minimum Gasteiger partial charge on any atom is -0.493 e. The van der Waals surface area contributed by atoms with E-state index in [-0.39, 0.29) is 0 Å². The number of rotatable bonds is 5. The van der Waals surface area contributed by atoms with Crippen LogP contribution in [-0.2, 0) is 12.8 Å². The maximum Gasteiger partial charge on any atom is 0.344 e. The number of halogens is 1. The number of aryl methyl sites for hydroxylation is 2. The van der Waals surface area contributed by atoms with Crippen LogP contribution >= 0.6 is 15.9 Å². The largest absolute Gasteiger partial charge is 0.493 e. The van der Waals surface area contributed by atoms with E-state index < -0.39 is 5.97 Å². The summed E-state index contributed by atoms with van der Waals surface area (Å²) in [6, 6.07) is 7.42. The average molecular weight is 421 g/mol. The Morgan fingerprint density at radius 1 is 0.923 bits per heavy atom. The van der Waals surface area contributed by atoms with E-state index in [0.29, 0.717) is 33.0 Å². The first-order valence-corrected chi connectivity index (χ1v) is 9.20. The Morgan fingerprint density at radius 2 is 1.62 bits per heavy atom. The lowest BCUT2D eigenvalue weighted by molar-refractivity contribution is 0.0732. The summed E-state index contributed by atoms with van der Waals surface area (Å²) >= 11 is 3.41. The summed E-state index contributed by atoms with van der Waals surface area (Å²) in [6.07, 6.45) is 4.49. The van der Waals surface area contributed by atoms with Crippen LogP contribution in [0.1, 0.15) is 34.3 Å². The molecule has 6 heteroatoms. The van der Waals surface area contributed by atoms with Crippen molar-refractivity contribution in [1.29, 1.82) is 0 Å². The number of benzene rings is 2. The molecule has 0 fully saturated rings. The predicted octanol–water partition coefficient (Wildman–Crippen LogP) is 4.57. The summed E-state index contributed by atoms with van der Waals surface area (Å²) < 4.78 is 22.1. The van der Waals surface area contributed by atoms with Crippen LogP contribution in [-0.4, -0.2) is 27.3 Å². The normalized spacial score (nSPS) is 12.9. The van der Waals surface area contributed by atoms with Gasteiger partial charge in [0.2, 0.25) is 5.75 Å². The lowest BCUT2D eigenvalue weighted by Crippen LogP contribution is -2.12. The lowest BCUT2D eigenvalue weighted by Gasteiger charge is -2.18. The molecule has 0 unspecified atom stereocenters. The zero-order valence-corrected chi connectivity index (χ0v) is 16.6. The number of ether oxygens (including phenoxy) is 4. The fourth-order valence-electron chi connectivity index (χ4n) is 3.20. The third-order valence-electron chi connectivity index (χ3n) is 4.52. The molecule has 0 radical (unpaired) electrons. The van der Waals surface area contributed by atoms with E-state index in [1.165, 1.54) is 45.3 Å². The summed E-state index contributed by atoms with van der Waals surface area (Å²) in [6.45, 7) is 0. The van der Waals surface area contributed by atoms with Crippen LogP contribution in [0.25, 0.3) is 0 Å². The summed E-state index contributed by atoms with van der Waals surface area (Å²) in [5, 5.41) is 0. The van der Waals surface area contributed by atoms with Crippen LogP contribution in [0.2, 0.25) is 0 Å². The highest BCUT2D eigenvalue weighted by Crippen LogP contribution is 2.45. The molecule has 1 aliphatic rings. The Hall–Kier alpha value is -2.21. The zero-order valence-electron chi connectivity index (χ0n) is 15.1. The fraction of sp³-hybridized carbons (Fsp3) is 0.350. The van der Waals surface area contributed by atoms with Crippen molar-refractivity contribution in [2.45, 2.75) is 25.7 Å². The summed E-state index contributed by atoms with van der Waals surface area (Å²) in [7, 11) is 4.52. The molecule has 2 aromatic rings. The number of carbonyl (C=O) groups excluding carboxylic acids is 1. The van der Waals surface area contributed by atoms with Gasteiger partial charge in [-0.1, -0.05) is 6.07 Å². The minimum absolute atomic E-state index is 0.303. The van der Waals surface area contributed by atoms with Gasteiger partial charge in [-0.2, -0.15) is 0 Å². The lowest BCUT2D eigenvalue weighted by atomic mass is 9.92. The van der Waals surface area contributed by atoms with Gasteiger partial charge < -0.3 is 18.9 Å². The van der Waals surface area contributed by atoms with Crippen molar-refractivity contribution in [3.8, 4) is 23.0 Å². The summed E-state index contributed by atoms with van der Waals surface area (Å²) in [4.78, 5) is 12.7. The molecule has 3 rings (SSSR count). The SMILES string of the molecule is COc1cc(C(=O)Oc2ccc3c(c2)CCCC3)c(Br)c(OC)c1OC. The molecule has 1 aliphatic carbocycles. The van der Waals surface area contributed by atoms with E-state index >= 15 is 0 Å². The number of hydrogen-bond donors (Lipinski definition) is 0. The van der Waals surface area contributed by atoms with Crippen molar-refractivity contribution in [3.05, 3.63) is 45.4 Å². The molecular weight excluding hydrogens is 400 g/mol. The van der Waals surface area contributed by atoms with Gasteiger partial charge in [0.25, 0.3) is 0 Å². The Balaban J connectivity index is 1.92. The van der Waals surface area contributed by atoms with Gasteiger partial charge in [-0.25, -0.2) is 4.79 Å². The number of carbonyl (C=O) groups is 1. The van der Waals surface area contributed by atoms with E-state index in [1.54, 1.807) is 6.07 Å². The molecule has 0 N–H and O–H groups in total. The molecule has 0 amide bonds. The average Bonchev–Trinajstić information content (AvgIpc) is 2.67. The highest BCUT2D eigenvalue weighted by Gasteiger charge is 2.24. The third-order valence-corrected chi connectivity index (χ3v) is 5.31. The topological polar surface area (TPSA) is 54.0 Å². The molecule has 0 saturated carbocycles. The Morgan fingerprint density at radius 3 is 2.27 bits per heavy atom. The quantitative estimate of drug-likeness (QED) is 0.523. The van der Waals surface area contributed by atoms with Crippen LogP contribution in [0.15, 0.2) is 28.7 Å². The molecule has 0 aliphatic heterocycles. The molecule has 0 aromatic heterocycles. The first kappa shape index (κ1) is 18.6. The van der Waals surface area contributed by atoms with E-state index in [2.05, 4.69) is 15.9 Å². The van der Waals surface area contributed by atoms with E-state index in [4.69, 9.17) is 18.9 Å². The molecule has 0 spiro atoms. The first-order chi connectivity index (χ1) is 12.6. The van der Waals surface area contributed by atoms with Crippen LogP contribution < -0.4 is 18.9 Å². The van der Waals surface area contributed by atoms with Crippen LogP contribution in [0.5, 0.6) is 23.0 Å². The second-order valence-corrected chi connectivity index (χ2v) is 6.83. The monoisotopic (exact) mass is 420 g/mol. The number of fused-ring (bicyclic) bond motifs is 1. The summed E-state index contributed by atoms with van der Waals surface area (Å²) in [5.74, 6) is 1.23. The van der Waals surface area contributed by atoms with Crippen molar-refractivity contribution in [1.82, 2.24) is 0 Å². The Kier molecular flexibility index (Phi) is 5.71. The van der Waals surface area contributed by atoms with Gasteiger partial charge in [0.1, 0.15) is 5.75 Å². The first-order valence-electron chi connectivity index (χ1n) is 8.41. The molecule has 138 valence electrons. The van der Waals surface area contributed by atoms with Crippen molar-refractivity contribution >= 4 is 21.9 Å². The van der Waals surface area contributed by atoms with Gasteiger partial charge in [0.05, 0.1) is 31.4 Å². The van der Waals surface area contributed by atoms with Gasteiger partial charge in [-0.05, 0) is 70.9 Å². The third kappa shape index (κ3) is 3.51. The van der Waals surface area contributed by atoms with Crippen molar-refractivity contribution in [3.63, 3.8) is 0 Å². The highest BCUT2D eigenvalue weighted by molar-refractivity contribution is 9.10. The van der Waals surface area contributed by atoms with E-state index in [0.717, 1.165) is 12.8 Å². The van der Waals surface area contributed by atoms with Gasteiger partial charge in [0.15, 0.2) is 11.5 Å². The number of methoxy groups -OCH3 is 3. The van der Waals surface area contributed by atoms with E-state index in [1.807, 2.05) is 18.2 Å². The molecule has 0 saturated heterocycles. The maximum atomic E-state index is 12.7. The second kappa shape index (κ2) is 7.99. The van der Waals surface area contributed by atoms with Gasteiger partial charge >= 0.3 is 5.97 Å². The standard InChI is InChI=1S/C20H21BrO5/c1-23-16-11-15(17(21)19(25-3)18(16)24-2)20(22)26-14-9-8-12-6-4-5-7-13(12)10-14/h8-11H,4-7H2,1-3H3. The van der Waals surface area contributed by atoms with Crippen LogP contribution in [0.3, 0.4) is 0 Å². The Labute approximate surface area is 161 Å². The van der Waals surface area contributed by atoms with Crippen molar-refractivity contribution < 1.29 is 23.7 Å². The molecule has 26 heavy (non-hydrogen) atoms. The van der Waals surface area contributed by atoms with Crippen LogP contribution in [0.4, 0.5) is 0 Å². The molecule has 0 heterocycles. The predicted molar refractivity (Wildman–Crippen MR) is 102 cm³/mol. The number of esters is 1. The number of hydrogen-bond acceptors (Lipinski definition) is 5. The molecule has 5 nitrogen and oxygen atoms in total. The minimum atomic E-state index is -0.494. The molecule has 2 aromatic carbocycles. The van der Waals surface area contributed by atoms with Gasteiger partial charge in [0, 0.05) is 0 Å². The fourth-order valence-corrected chi connectivity index (χ4v) is 3.82. The van der Waals surface area contributed by atoms with Gasteiger partial charge in [-0.3, -0.25) is 0 Å². The molecule has 0 atom stereocenters. The molecule has 0 bridgehead atoms. The van der Waals surface area contributed by atoms with E-state index in [9.17, 15) is 4.79 Å². The Bertz CT molecular complexity index is 831. The van der Waals surface area contributed by atoms with Crippen molar-refractivity contribution in [2.75, 3.05) is 21.3 Å². The maximum absolute atomic E-state index is 12.7. The zero-order chi connectivity index (χ0) is 18.7. The molecular formula is C20H21BrO5. The summed E-state index contributed by atoms with van der Waals surface area (Å²) in [5.41, 5.74) is 2.90. The van der Waals surface area contributed by atoms with Crippen LogP contribution in [0, 0.1) is 0 Å². The van der Waals surface area contributed by atoms with Gasteiger partial charge in [-0.15, -0.1) is 0 Å². The second-order valence-electron chi connectivity index (χ2n) is 6.03.